The fourth-order valence-corrected chi connectivity index (χ4v) is 2.63. The number of amides is 2. The molecule has 0 atom stereocenters. The van der Waals surface area contributed by atoms with Gasteiger partial charge in [-0.15, -0.1) is 0 Å². The van der Waals surface area contributed by atoms with Gasteiger partial charge in [-0.05, 0) is 43.9 Å². The summed E-state index contributed by atoms with van der Waals surface area (Å²) in [6.07, 6.45) is 6.50. The second kappa shape index (κ2) is 7.26. The first-order valence-corrected chi connectivity index (χ1v) is 7.61. The van der Waals surface area contributed by atoms with Gasteiger partial charge in [0.2, 0.25) is 0 Å². The van der Waals surface area contributed by atoms with Crippen LogP contribution in [0.1, 0.15) is 36.0 Å². The molecule has 0 spiro atoms. The van der Waals surface area contributed by atoms with Crippen LogP contribution in [0.5, 0.6) is 0 Å². The van der Waals surface area contributed by atoms with Crippen LogP contribution in [0.4, 0.5) is 10.5 Å². The van der Waals surface area contributed by atoms with Gasteiger partial charge in [0, 0.05) is 11.0 Å². The van der Waals surface area contributed by atoms with Crippen molar-refractivity contribution in [3.8, 4) is 0 Å². The fourth-order valence-electron chi connectivity index (χ4n) is 2.27. The molecule has 5 nitrogen and oxygen atoms in total. The summed E-state index contributed by atoms with van der Waals surface area (Å²) in [6.45, 7) is 0.550. The molecule has 0 fully saturated rings. The second-order valence-corrected chi connectivity index (χ2v) is 5.80. The fraction of sp³-hybridized carbons (Fsp3) is 0.333. The summed E-state index contributed by atoms with van der Waals surface area (Å²) in [5.41, 5.74) is 1.71. The molecule has 0 unspecified atom stereocenters. The maximum absolute atomic E-state index is 11.8. The molecule has 112 valence electrons. The Labute approximate surface area is 131 Å². The highest BCUT2D eigenvalue weighted by molar-refractivity contribution is 9.10. The Morgan fingerprint density at radius 3 is 2.81 bits per heavy atom. The monoisotopic (exact) mass is 352 g/mol. The van der Waals surface area contributed by atoms with Crippen LogP contribution in [0.3, 0.4) is 0 Å². The van der Waals surface area contributed by atoms with Gasteiger partial charge >= 0.3 is 12.0 Å². The Morgan fingerprint density at radius 1 is 1.33 bits per heavy atom. The van der Waals surface area contributed by atoms with Crippen LogP contribution in [0.15, 0.2) is 34.3 Å². The minimum absolute atomic E-state index is 0.0619. The first-order valence-electron chi connectivity index (χ1n) is 6.82. The van der Waals surface area contributed by atoms with Crippen molar-refractivity contribution in [2.45, 2.75) is 25.7 Å². The van der Waals surface area contributed by atoms with E-state index in [-0.39, 0.29) is 11.3 Å². The molecule has 0 saturated heterocycles. The smallest absolute Gasteiger partial charge is 0.337 e. The first kappa shape index (κ1) is 15.6. The molecule has 0 aromatic heterocycles. The summed E-state index contributed by atoms with van der Waals surface area (Å²) < 4.78 is 0.707. The van der Waals surface area contributed by atoms with Gasteiger partial charge in [0.1, 0.15) is 0 Å². The second-order valence-electron chi connectivity index (χ2n) is 4.88. The van der Waals surface area contributed by atoms with Gasteiger partial charge in [0.15, 0.2) is 0 Å². The standard InChI is InChI=1S/C15H17BrN2O3/c16-11-5-6-12(14(19)20)13(9-11)18-15(21)17-8-7-10-3-1-2-4-10/h3,5-6,9H,1-2,4,7-8H2,(H,19,20)(H2,17,18,21). The van der Waals surface area contributed by atoms with E-state index in [2.05, 4.69) is 32.6 Å². The number of hydrogen-bond donors (Lipinski definition) is 3. The predicted octanol–water partition coefficient (Wildman–Crippen LogP) is 3.77. The zero-order chi connectivity index (χ0) is 15.2. The average molecular weight is 353 g/mol. The van der Waals surface area contributed by atoms with Crippen molar-refractivity contribution in [1.82, 2.24) is 5.32 Å². The quantitative estimate of drug-likeness (QED) is 0.705. The number of carbonyl (C=O) groups excluding carboxylic acids is 1. The number of carboxylic acid groups (broad SMARTS) is 1. The lowest BCUT2D eigenvalue weighted by Gasteiger charge is -2.10. The minimum atomic E-state index is -1.08. The number of carboxylic acids is 1. The van der Waals surface area contributed by atoms with E-state index in [0.717, 1.165) is 19.3 Å². The van der Waals surface area contributed by atoms with Crippen LogP contribution in [0.25, 0.3) is 0 Å². The first-order chi connectivity index (χ1) is 10.1. The highest BCUT2D eigenvalue weighted by Gasteiger charge is 2.13. The van der Waals surface area contributed by atoms with Crippen molar-refractivity contribution in [1.29, 1.82) is 0 Å². The van der Waals surface area contributed by atoms with E-state index in [1.54, 1.807) is 12.1 Å². The number of anilines is 1. The van der Waals surface area contributed by atoms with Gasteiger partial charge in [0.05, 0.1) is 11.3 Å². The van der Waals surface area contributed by atoms with Crippen LogP contribution in [0.2, 0.25) is 0 Å². The molecule has 2 rings (SSSR count). The van der Waals surface area contributed by atoms with Gasteiger partial charge in [-0.3, -0.25) is 0 Å². The van der Waals surface area contributed by atoms with Crippen LogP contribution in [-0.4, -0.2) is 23.7 Å². The molecule has 1 aliphatic rings. The molecule has 1 aromatic rings. The number of carbonyl (C=O) groups is 2. The van der Waals surface area contributed by atoms with Crippen molar-refractivity contribution >= 4 is 33.6 Å². The lowest BCUT2D eigenvalue weighted by atomic mass is 10.1. The van der Waals surface area contributed by atoms with Crippen LogP contribution in [0, 0.1) is 0 Å². The molecule has 6 heteroatoms. The normalized spacial score (nSPS) is 13.7. The highest BCUT2D eigenvalue weighted by atomic mass is 79.9. The van der Waals surface area contributed by atoms with E-state index in [0.29, 0.717) is 11.0 Å². The van der Waals surface area contributed by atoms with Crippen molar-refractivity contribution in [2.24, 2.45) is 0 Å². The molecular weight excluding hydrogens is 336 g/mol. The number of urea groups is 1. The average Bonchev–Trinajstić information content (AvgIpc) is 2.91. The maximum Gasteiger partial charge on any atom is 0.337 e. The van der Waals surface area contributed by atoms with E-state index in [1.807, 2.05) is 0 Å². The number of allylic oxidation sites excluding steroid dienone is 1. The molecule has 0 bridgehead atoms. The molecule has 1 aromatic carbocycles. The van der Waals surface area contributed by atoms with Gasteiger partial charge in [-0.25, -0.2) is 9.59 Å². The van der Waals surface area contributed by atoms with Crippen LogP contribution in [-0.2, 0) is 0 Å². The predicted molar refractivity (Wildman–Crippen MR) is 84.7 cm³/mol. The highest BCUT2D eigenvalue weighted by Crippen LogP contribution is 2.22. The zero-order valence-electron chi connectivity index (χ0n) is 11.5. The van der Waals surface area contributed by atoms with E-state index in [9.17, 15) is 9.59 Å². The summed E-state index contributed by atoms with van der Waals surface area (Å²) in [5, 5.41) is 14.4. The molecule has 2 amide bonds. The number of halogens is 1. The number of hydrogen-bond acceptors (Lipinski definition) is 2. The Hall–Kier alpha value is -1.82. The Balaban J connectivity index is 1.89. The maximum atomic E-state index is 11.8. The molecule has 3 N–H and O–H groups in total. The zero-order valence-corrected chi connectivity index (χ0v) is 13.1. The van der Waals surface area contributed by atoms with Crippen molar-refractivity contribution in [2.75, 3.05) is 11.9 Å². The molecule has 0 radical (unpaired) electrons. The summed E-state index contributed by atoms with van der Waals surface area (Å²) in [7, 11) is 0. The SMILES string of the molecule is O=C(NCCC1=CCCC1)Nc1cc(Br)ccc1C(=O)O. The van der Waals surface area contributed by atoms with E-state index in [1.165, 1.54) is 18.1 Å². The van der Waals surface area contributed by atoms with Gasteiger partial charge in [0.25, 0.3) is 0 Å². The molecular formula is C15H17BrN2O3. The summed E-state index contributed by atoms with van der Waals surface area (Å²) >= 11 is 3.26. The van der Waals surface area contributed by atoms with Crippen LogP contribution >= 0.6 is 15.9 Å². The minimum Gasteiger partial charge on any atom is -0.478 e. The van der Waals surface area contributed by atoms with Gasteiger partial charge in [-0.2, -0.15) is 0 Å². The summed E-state index contributed by atoms with van der Waals surface area (Å²) in [4.78, 5) is 22.9. The van der Waals surface area contributed by atoms with E-state index < -0.39 is 12.0 Å². The summed E-state index contributed by atoms with van der Waals surface area (Å²) in [5.74, 6) is -1.08. The number of aromatic carboxylic acids is 1. The van der Waals surface area contributed by atoms with Gasteiger partial charge < -0.3 is 15.7 Å². The number of nitrogens with one attached hydrogen (secondary N) is 2. The molecule has 21 heavy (non-hydrogen) atoms. The Kier molecular flexibility index (Phi) is 5.38. The Bertz CT molecular complexity index is 584. The lowest BCUT2D eigenvalue weighted by molar-refractivity contribution is 0.0698. The molecule has 0 heterocycles. The Morgan fingerprint density at radius 2 is 2.14 bits per heavy atom. The topological polar surface area (TPSA) is 78.4 Å². The molecule has 0 saturated carbocycles. The third kappa shape index (κ3) is 4.60. The van der Waals surface area contributed by atoms with E-state index in [4.69, 9.17) is 5.11 Å². The summed E-state index contributed by atoms with van der Waals surface area (Å²) in [6, 6.07) is 4.25. The lowest BCUT2D eigenvalue weighted by Crippen LogP contribution is -2.30. The van der Waals surface area contributed by atoms with Crippen molar-refractivity contribution in [3.05, 3.63) is 39.9 Å². The van der Waals surface area contributed by atoms with E-state index >= 15 is 0 Å². The molecule has 1 aliphatic carbocycles. The number of rotatable bonds is 5. The van der Waals surface area contributed by atoms with Crippen molar-refractivity contribution < 1.29 is 14.7 Å². The van der Waals surface area contributed by atoms with Gasteiger partial charge in [-0.1, -0.05) is 27.6 Å². The third-order valence-corrected chi connectivity index (χ3v) is 3.82. The van der Waals surface area contributed by atoms with Crippen LogP contribution < -0.4 is 10.6 Å². The molecule has 0 aliphatic heterocycles. The van der Waals surface area contributed by atoms with Crippen molar-refractivity contribution in [3.63, 3.8) is 0 Å². The number of benzene rings is 1. The largest absolute Gasteiger partial charge is 0.478 e. The third-order valence-electron chi connectivity index (χ3n) is 3.33.